The largest absolute Gasteiger partial charge is 0.416 e. The van der Waals surface area contributed by atoms with Crippen molar-refractivity contribution in [2.45, 2.75) is 19.1 Å². The van der Waals surface area contributed by atoms with Crippen molar-refractivity contribution >= 4 is 17.5 Å². The molecule has 0 aliphatic rings. The number of hydrogen-bond donors (Lipinski definition) is 2. The zero-order chi connectivity index (χ0) is 25.7. The van der Waals surface area contributed by atoms with Crippen molar-refractivity contribution in [3.63, 3.8) is 0 Å². The SMILES string of the molecule is C[C@@H](NC(=O)c1ccccn1)c1ccc(NC(=O)c2ccccc2-c2ccc(C(F)(F)F)cc2)cc1. The first-order valence-electron chi connectivity index (χ1n) is 11.1. The van der Waals surface area contributed by atoms with Crippen LogP contribution in [0.25, 0.3) is 11.1 Å². The van der Waals surface area contributed by atoms with Crippen LogP contribution >= 0.6 is 0 Å². The van der Waals surface area contributed by atoms with E-state index in [9.17, 15) is 22.8 Å². The third kappa shape index (κ3) is 5.78. The smallest absolute Gasteiger partial charge is 0.344 e. The molecule has 0 fully saturated rings. The van der Waals surface area contributed by atoms with Gasteiger partial charge in [-0.1, -0.05) is 48.5 Å². The first-order chi connectivity index (χ1) is 17.2. The molecule has 0 saturated carbocycles. The van der Waals surface area contributed by atoms with Crippen molar-refractivity contribution in [2.24, 2.45) is 0 Å². The predicted octanol–water partition coefficient (Wildman–Crippen LogP) is 6.51. The Balaban J connectivity index is 1.45. The van der Waals surface area contributed by atoms with E-state index >= 15 is 0 Å². The fourth-order valence-electron chi connectivity index (χ4n) is 3.68. The van der Waals surface area contributed by atoms with Crippen molar-refractivity contribution < 1.29 is 22.8 Å². The maximum atomic E-state index is 13.0. The highest BCUT2D eigenvalue weighted by Crippen LogP contribution is 2.32. The zero-order valence-electron chi connectivity index (χ0n) is 19.2. The topological polar surface area (TPSA) is 71.1 Å². The van der Waals surface area contributed by atoms with Gasteiger partial charge in [-0.25, -0.2) is 0 Å². The highest BCUT2D eigenvalue weighted by molar-refractivity contribution is 6.08. The first kappa shape index (κ1) is 24.7. The fourth-order valence-corrected chi connectivity index (χ4v) is 3.68. The van der Waals surface area contributed by atoms with E-state index < -0.39 is 17.6 Å². The molecule has 3 aromatic carbocycles. The highest BCUT2D eigenvalue weighted by atomic mass is 19.4. The molecule has 0 saturated heterocycles. The lowest BCUT2D eigenvalue weighted by Crippen LogP contribution is -2.27. The van der Waals surface area contributed by atoms with E-state index in [2.05, 4.69) is 15.6 Å². The Morgan fingerprint density at radius 2 is 1.47 bits per heavy atom. The molecule has 1 atom stereocenters. The molecule has 2 N–H and O–H groups in total. The van der Waals surface area contributed by atoms with Gasteiger partial charge in [-0.2, -0.15) is 13.2 Å². The van der Waals surface area contributed by atoms with Crippen LogP contribution in [0.15, 0.2) is 97.2 Å². The summed E-state index contributed by atoms with van der Waals surface area (Å²) in [6.45, 7) is 1.84. The second-order valence-electron chi connectivity index (χ2n) is 8.11. The van der Waals surface area contributed by atoms with Crippen LogP contribution in [-0.4, -0.2) is 16.8 Å². The summed E-state index contributed by atoms with van der Waals surface area (Å²) in [7, 11) is 0. The lowest BCUT2D eigenvalue weighted by atomic mass is 9.98. The number of halogens is 3. The minimum atomic E-state index is -4.43. The molecular weight excluding hydrogens is 467 g/mol. The van der Waals surface area contributed by atoms with Gasteiger partial charge in [-0.15, -0.1) is 0 Å². The highest BCUT2D eigenvalue weighted by Gasteiger charge is 2.30. The summed E-state index contributed by atoms with van der Waals surface area (Å²) in [5.74, 6) is -0.685. The van der Waals surface area contributed by atoms with Crippen molar-refractivity contribution in [1.29, 1.82) is 0 Å². The molecular formula is C28H22F3N3O2. The fraction of sp³-hybridized carbons (Fsp3) is 0.107. The minimum Gasteiger partial charge on any atom is -0.344 e. The van der Waals surface area contributed by atoms with Crippen LogP contribution < -0.4 is 10.6 Å². The number of pyridine rings is 1. The zero-order valence-corrected chi connectivity index (χ0v) is 19.2. The standard InChI is InChI=1S/C28H22F3N3O2/c1-18(33-27(36)25-8-4-5-17-32-25)19-11-15-22(16-12-19)34-26(35)24-7-3-2-6-23(24)20-9-13-21(14-10-20)28(29,30)31/h2-18H,1H3,(H,33,36)(H,34,35)/t18-/m1/s1. The third-order valence-corrected chi connectivity index (χ3v) is 5.61. The summed E-state index contributed by atoms with van der Waals surface area (Å²) in [6, 6.07) is 23.2. The van der Waals surface area contributed by atoms with Crippen molar-refractivity contribution in [1.82, 2.24) is 10.3 Å². The van der Waals surface area contributed by atoms with Crippen molar-refractivity contribution in [3.05, 3.63) is 120 Å². The molecule has 0 unspecified atom stereocenters. The van der Waals surface area contributed by atoms with Crippen LogP contribution in [0.2, 0.25) is 0 Å². The minimum absolute atomic E-state index is 0.287. The number of nitrogens with zero attached hydrogens (tertiary/aromatic N) is 1. The molecule has 5 nitrogen and oxygen atoms in total. The second kappa shape index (κ2) is 10.4. The Bertz CT molecular complexity index is 1350. The number of rotatable bonds is 6. The second-order valence-corrected chi connectivity index (χ2v) is 8.11. The van der Waals surface area contributed by atoms with Crippen LogP contribution in [0, 0.1) is 0 Å². The number of anilines is 1. The number of carbonyl (C=O) groups excluding carboxylic acids is 2. The molecule has 0 bridgehead atoms. The Hall–Kier alpha value is -4.46. The third-order valence-electron chi connectivity index (χ3n) is 5.61. The van der Waals surface area contributed by atoms with Crippen LogP contribution in [0.1, 0.15) is 44.9 Å². The molecule has 2 amide bonds. The summed E-state index contributed by atoms with van der Waals surface area (Å²) in [4.78, 5) is 29.4. The Morgan fingerprint density at radius 1 is 0.806 bits per heavy atom. The van der Waals surface area contributed by atoms with Gasteiger partial charge in [-0.3, -0.25) is 14.6 Å². The van der Waals surface area contributed by atoms with E-state index in [-0.39, 0.29) is 11.9 Å². The average Bonchev–Trinajstić information content (AvgIpc) is 2.89. The van der Waals surface area contributed by atoms with Gasteiger partial charge in [0.25, 0.3) is 11.8 Å². The Labute approximate surface area is 206 Å². The van der Waals surface area contributed by atoms with Gasteiger partial charge in [-0.05, 0) is 66.1 Å². The van der Waals surface area contributed by atoms with Crippen molar-refractivity contribution in [2.75, 3.05) is 5.32 Å². The van der Waals surface area contributed by atoms with Crippen LogP contribution in [-0.2, 0) is 6.18 Å². The lowest BCUT2D eigenvalue weighted by molar-refractivity contribution is -0.137. The van der Waals surface area contributed by atoms with Gasteiger partial charge in [0.2, 0.25) is 0 Å². The first-order valence-corrected chi connectivity index (χ1v) is 11.1. The molecule has 0 aliphatic carbocycles. The van der Waals surface area contributed by atoms with Gasteiger partial charge in [0.1, 0.15) is 5.69 Å². The summed E-state index contributed by atoms with van der Waals surface area (Å²) in [6.07, 6.45) is -2.88. The number of carbonyl (C=O) groups is 2. The van der Waals surface area contributed by atoms with Gasteiger partial charge in [0, 0.05) is 17.4 Å². The number of amides is 2. The Morgan fingerprint density at radius 3 is 2.11 bits per heavy atom. The van der Waals surface area contributed by atoms with Crippen LogP contribution in [0.4, 0.5) is 18.9 Å². The summed E-state index contributed by atoms with van der Waals surface area (Å²) in [5.41, 5.74) is 2.29. The number of benzene rings is 3. The van der Waals surface area contributed by atoms with Crippen LogP contribution in [0.3, 0.4) is 0 Å². The van der Waals surface area contributed by atoms with E-state index in [0.29, 0.717) is 28.1 Å². The molecule has 1 aromatic heterocycles. The van der Waals surface area contributed by atoms with Crippen molar-refractivity contribution in [3.8, 4) is 11.1 Å². The molecule has 0 aliphatic heterocycles. The summed E-state index contributed by atoms with van der Waals surface area (Å²) in [5, 5.41) is 5.70. The molecule has 8 heteroatoms. The van der Waals surface area contributed by atoms with E-state index in [0.717, 1.165) is 17.7 Å². The number of nitrogens with one attached hydrogen (secondary N) is 2. The van der Waals surface area contributed by atoms with Crippen LogP contribution in [0.5, 0.6) is 0 Å². The van der Waals surface area contributed by atoms with E-state index in [4.69, 9.17) is 0 Å². The van der Waals surface area contributed by atoms with Gasteiger partial charge >= 0.3 is 6.18 Å². The van der Waals surface area contributed by atoms with Gasteiger partial charge in [0.05, 0.1) is 11.6 Å². The molecule has 1 heterocycles. The molecule has 182 valence electrons. The molecule has 4 rings (SSSR count). The number of alkyl halides is 3. The number of aromatic nitrogens is 1. The summed E-state index contributed by atoms with van der Waals surface area (Å²) < 4.78 is 38.7. The normalized spacial score (nSPS) is 12.0. The number of hydrogen-bond acceptors (Lipinski definition) is 3. The average molecular weight is 489 g/mol. The van der Waals surface area contributed by atoms with E-state index in [1.807, 2.05) is 6.92 Å². The lowest BCUT2D eigenvalue weighted by Gasteiger charge is -2.15. The molecule has 4 aromatic rings. The monoisotopic (exact) mass is 489 g/mol. The Kier molecular flexibility index (Phi) is 7.15. The van der Waals surface area contributed by atoms with Gasteiger partial charge < -0.3 is 10.6 Å². The predicted molar refractivity (Wildman–Crippen MR) is 131 cm³/mol. The van der Waals surface area contributed by atoms with Gasteiger partial charge in [0.15, 0.2) is 0 Å². The maximum Gasteiger partial charge on any atom is 0.416 e. The van der Waals surface area contributed by atoms with E-state index in [1.54, 1.807) is 72.9 Å². The molecule has 0 radical (unpaired) electrons. The quantitative estimate of drug-likeness (QED) is 0.324. The summed E-state index contributed by atoms with van der Waals surface area (Å²) >= 11 is 0. The van der Waals surface area contributed by atoms with E-state index in [1.165, 1.54) is 12.1 Å². The maximum absolute atomic E-state index is 13.0. The molecule has 0 spiro atoms. The molecule has 36 heavy (non-hydrogen) atoms.